The molecule has 0 saturated carbocycles. The van der Waals surface area contributed by atoms with Gasteiger partial charge in [0.2, 0.25) is 0 Å². The molecule has 1 amide bonds. The second-order valence-electron chi connectivity index (χ2n) is 8.51. The summed E-state index contributed by atoms with van der Waals surface area (Å²) in [6.07, 6.45) is 8.40. The van der Waals surface area contributed by atoms with Crippen LogP contribution in [0.2, 0.25) is 0 Å². The maximum Gasteiger partial charge on any atom is 0.423 e. The highest BCUT2D eigenvalue weighted by Crippen LogP contribution is 2.21. The van der Waals surface area contributed by atoms with Crippen molar-refractivity contribution in [2.75, 3.05) is 0 Å². The summed E-state index contributed by atoms with van der Waals surface area (Å²) >= 11 is 0. The molecule has 1 rings (SSSR count). The van der Waals surface area contributed by atoms with E-state index in [1.807, 2.05) is 19.1 Å². The zero-order chi connectivity index (χ0) is 22.8. The Morgan fingerprint density at radius 1 is 1.13 bits per heavy atom. The van der Waals surface area contributed by atoms with Crippen LogP contribution in [0.5, 0.6) is 0 Å². The predicted octanol–water partition coefficient (Wildman–Crippen LogP) is 5.73. The molecule has 0 aliphatic rings. The van der Waals surface area contributed by atoms with Crippen LogP contribution in [-0.4, -0.2) is 30.6 Å². The second kappa shape index (κ2) is 12.1. The molecular formula is C23H38N2O4S. The van der Waals surface area contributed by atoms with Gasteiger partial charge in [-0.2, -0.15) is 0 Å². The molecule has 0 fully saturated rings. The van der Waals surface area contributed by atoms with Gasteiger partial charge in [0.1, 0.15) is 5.60 Å². The second-order valence-corrected chi connectivity index (χ2v) is 10.3. The van der Waals surface area contributed by atoms with E-state index in [1.54, 1.807) is 45.0 Å². The van der Waals surface area contributed by atoms with Crippen molar-refractivity contribution in [1.82, 2.24) is 9.84 Å². The number of carbonyl (C=O) groups is 1. The fourth-order valence-electron chi connectivity index (χ4n) is 2.82. The summed E-state index contributed by atoms with van der Waals surface area (Å²) in [5.41, 5.74) is 2.73. The van der Waals surface area contributed by atoms with Gasteiger partial charge in [-0.1, -0.05) is 69.4 Å². The van der Waals surface area contributed by atoms with Crippen molar-refractivity contribution in [1.29, 1.82) is 0 Å². The first kappa shape index (κ1) is 26.2. The molecule has 0 heterocycles. The molecule has 1 aromatic carbocycles. The SMILES string of the molecule is CCCC/C=C/C(CCCC)N(NC(=O)OC(C)(C)C)S(=O)(=O)c1ccc(C)cc1. The highest BCUT2D eigenvalue weighted by molar-refractivity contribution is 7.89. The number of amides is 1. The Hall–Kier alpha value is -1.86. The van der Waals surface area contributed by atoms with Gasteiger partial charge in [-0.05, 0) is 52.7 Å². The molecule has 0 bridgehead atoms. The van der Waals surface area contributed by atoms with Crippen LogP contribution < -0.4 is 5.43 Å². The molecule has 6 nitrogen and oxygen atoms in total. The fourth-order valence-corrected chi connectivity index (χ4v) is 4.25. The first-order valence-corrected chi connectivity index (χ1v) is 12.2. The third kappa shape index (κ3) is 8.88. The molecule has 1 aromatic rings. The zero-order valence-electron chi connectivity index (χ0n) is 19.3. The number of hydrogen-bond acceptors (Lipinski definition) is 4. The van der Waals surface area contributed by atoms with Gasteiger partial charge in [0.15, 0.2) is 0 Å². The van der Waals surface area contributed by atoms with Crippen molar-refractivity contribution in [3.8, 4) is 0 Å². The van der Waals surface area contributed by atoms with Crippen LogP contribution in [0.15, 0.2) is 41.3 Å². The van der Waals surface area contributed by atoms with Gasteiger partial charge in [0, 0.05) is 0 Å². The van der Waals surface area contributed by atoms with Gasteiger partial charge in [-0.25, -0.2) is 18.6 Å². The number of hydrazine groups is 1. The Morgan fingerprint density at radius 2 is 1.73 bits per heavy atom. The number of nitrogens with one attached hydrogen (secondary N) is 1. The molecule has 1 atom stereocenters. The molecule has 0 aliphatic heterocycles. The number of rotatable bonds is 11. The highest BCUT2D eigenvalue weighted by atomic mass is 32.2. The van der Waals surface area contributed by atoms with Crippen LogP contribution in [0, 0.1) is 6.92 Å². The lowest BCUT2D eigenvalue weighted by Gasteiger charge is -2.30. The predicted molar refractivity (Wildman–Crippen MR) is 122 cm³/mol. The van der Waals surface area contributed by atoms with Crippen LogP contribution in [-0.2, 0) is 14.8 Å². The van der Waals surface area contributed by atoms with E-state index in [0.29, 0.717) is 6.42 Å². The van der Waals surface area contributed by atoms with Gasteiger partial charge in [-0.3, -0.25) is 0 Å². The van der Waals surface area contributed by atoms with Crippen molar-refractivity contribution in [2.24, 2.45) is 0 Å². The van der Waals surface area contributed by atoms with E-state index in [-0.39, 0.29) is 4.90 Å². The Morgan fingerprint density at radius 3 is 2.27 bits per heavy atom. The molecule has 1 N–H and O–H groups in total. The number of benzene rings is 1. The summed E-state index contributed by atoms with van der Waals surface area (Å²) in [5, 5.41) is 0. The van der Waals surface area contributed by atoms with Gasteiger partial charge in [-0.15, -0.1) is 4.41 Å². The lowest BCUT2D eigenvalue weighted by molar-refractivity contribution is 0.0404. The molecule has 0 aromatic heterocycles. The smallest absolute Gasteiger partial charge is 0.423 e. The van der Waals surface area contributed by atoms with Gasteiger partial charge in [0.05, 0.1) is 10.9 Å². The minimum absolute atomic E-state index is 0.132. The molecule has 0 aliphatic carbocycles. The Labute approximate surface area is 182 Å². The van der Waals surface area contributed by atoms with Gasteiger partial charge >= 0.3 is 6.09 Å². The monoisotopic (exact) mass is 438 g/mol. The molecule has 0 saturated heterocycles. The Balaban J connectivity index is 3.31. The van der Waals surface area contributed by atoms with Crippen molar-refractivity contribution in [3.63, 3.8) is 0 Å². The van der Waals surface area contributed by atoms with Crippen LogP contribution >= 0.6 is 0 Å². The fraction of sp³-hybridized carbons (Fsp3) is 0.609. The maximum atomic E-state index is 13.5. The summed E-state index contributed by atoms with van der Waals surface area (Å²) in [4.78, 5) is 12.6. The molecule has 30 heavy (non-hydrogen) atoms. The minimum Gasteiger partial charge on any atom is -0.443 e. The maximum absolute atomic E-state index is 13.5. The van der Waals surface area contributed by atoms with E-state index in [2.05, 4.69) is 19.3 Å². The van der Waals surface area contributed by atoms with Crippen molar-refractivity contribution >= 4 is 16.1 Å². The van der Waals surface area contributed by atoms with E-state index >= 15 is 0 Å². The quantitative estimate of drug-likeness (QED) is 0.272. The van der Waals surface area contributed by atoms with Crippen LogP contribution in [0.3, 0.4) is 0 Å². The third-order valence-corrected chi connectivity index (χ3v) is 6.16. The van der Waals surface area contributed by atoms with E-state index < -0.39 is 27.8 Å². The number of unbranched alkanes of at least 4 members (excludes halogenated alkanes) is 3. The lowest BCUT2D eigenvalue weighted by atomic mass is 10.1. The zero-order valence-corrected chi connectivity index (χ0v) is 20.1. The van der Waals surface area contributed by atoms with Gasteiger partial charge < -0.3 is 4.74 Å². The summed E-state index contributed by atoms with van der Waals surface area (Å²) in [6.45, 7) is 11.3. The van der Waals surface area contributed by atoms with Crippen LogP contribution in [0.25, 0.3) is 0 Å². The number of ether oxygens (including phenoxy) is 1. The molecule has 170 valence electrons. The average molecular weight is 439 g/mol. The van der Waals surface area contributed by atoms with Crippen molar-refractivity contribution < 1.29 is 17.9 Å². The average Bonchev–Trinajstić information content (AvgIpc) is 2.65. The summed E-state index contributed by atoms with van der Waals surface area (Å²) in [6, 6.07) is 6.12. The van der Waals surface area contributed by atoms with Crippen molar-refractivity contribution in [3.05, 3.63) is 42.0 Å². The summed E-state index contributed by atoms with van der Waals surface area (Å²) in [7, 11) is -3.97. The number of nitrogens with zero attached hydrogens (tertiary/aromatic N) is 1. The van der Waals surface area contributed by atoms with E-state index in [9.17, 15) is 13.2 Å². The standard InChI is InChI=1S/C23H38N2O4S/c1-7-9-11-12-14-20(13-10-8-2)25(24-22(26)29-23(4,5)6)30(27,28)21-17-15-19(3)16-18-21/h12,14-18,20H,7-11,13H2,1-6H3,(H,24,26)/b14-12+. The number of allylic oxidation sites excluding steroid dienone is 1. The van der Waals surface area contributed by atoms with E-state index in [0.717, 1.165) is 42.1 Å². The highest BCUT2D eigenvalue weighted by Gasteiger charge is 2.33. The summed E-state index contributed by atoms with van der Waals surface area (Å²) in [5.74, 6) is 0. The molecule has 1 unspecified atom stereocenters. The Bertz CT molecular complexity index is 780. The minimum atomic E-state index is -3.97. The number of hydrogen-bond donors (Lipinski definition) is 1. The lowest BCUT2D eigenvalue weighted by Crippen LogP contribution is -2.52. The third-order valence-electron chi connectivity index (χ3n) is 4.42. The Kier molecular flexibility index (Phi) is 10.6. The summed E-state index contributed by atoms with van der Waals surface area (Å²) < 4.78 is 33.3. The molecule has 0 radical (unpaired) electrons. The molecule has 0 spiro atoms. The number of sulfonamides is 1. The first-order chi connectivity index (χ1) is 14.0. The van der Waals surface area contributed by atoms with E-state index in [4.69, 9.17) is 4.74 Å². The first-order valence-electron chi connectivity index (χ1n) is 10.8. The number of aryl methyl sites for hydroxylation is 1. The number of carbonyl (C=O) groups excluding carboxylic acids is 1. The normalized spacial score (nSPS) is 13.6. The van der Waals surface area contributed by atoms with Crippen LogP contribution in [0.4, 0.5) is 4.79 Å². The van der Waals surface area contributed by atoms with E-state index in [1.165, 1.54) is 0 Å². The largest absolute Gasteiger partial charge is 0.443 e. The molecule has 7 heteroatoms. The molecular weight excluding hydrogens is 400 g/mol. The van der Waals surface area contributed by atoms with Crippen molar-refractivity contribution in [2.45, 2.75) is 96.6 Å². The van der Waals surface area contributed by atoms with Crippen LogP contribution in [0.1, 0.15) is 78.7 Å². The van der Waals surface area contributed by atoms with Gasteiger partial charge in [0.25, 0.3) is 10.0 Å². The topological polar surface area (TPSA) is 75.7 Å².